The number of likely N-dealkylation sites (N-methyl/N-ethyl adjacent to an activating group) is 1. The summed E-state index contributed by atoms with van der Waals surface area (Å²) in [4.78, 5) is 7.75. The van der Waals surface area contributed by atoms with Gasteiger partial charge in [0.1, 0.15) is 0 Å². The van der Waals surface area contributed by atoms with Crippen LogP contribution in [0.15, 0.2) is 4.99 Å². The summed E-state index contributed by atoms with van der Waals surface area (Å²) in [6.45, 7) is 3.30. The van der Waals surface area contributed by atoms with Crippen LogP contribution in [-0.4, -0.2) is 95.1 Å². The van der Waals surface area contributed by atoms with Crippen molar-refractivity contribution in [3.8, 4) is 0 Å². The molecule has 150 valence electrons. The Bertz CT molecular complexity index is 385. The van der Waals surface area contributed by atoms with E-state index in [2.05, 4.69) is 20.5 Å². The highest BCUT2D eigenvalue weighted by molar-refractivity contribution is 14.0. The first kappa shape index (κ1) is 24.7. The Morgan fingerprint density at radius 3 is 2.68 bits per heavy atom. The van der Waals surface area contributed by atoms with E-state index in [1.54, 1.807) is 14.2 Å². The van der Waals surface area contributed by atoms with Gasteiger partial charge >= 0.3 is 6.18 Å². The van der Waals surface area contributed by atoms with E-state index in [4.69, 9.17) is 4.74 Å². The average molecular weight is 481 g/mol. The summed E-state index contributed by atoms with van der Waals surface area (Å²) < 4.78 is 42.2. The Balaban J connectivity index is 0.00000576. The lowest BCUT2D eigenvalue weighted by Gasteiger charge is -2.20. The number of hydrogen-bond acceptors (Lipinski definition) is 4. The largest absolute Gasteiger partial charge is 0.401 e. The topological polar surface area (TPSA) is 52.1 Å². The number of guanidine groups is 1. The number of likely N-dealkylation sites (tertiary alicyclic amines) is 1. The molecule has 0 radical (unpaired) electrons. The van der Waals surface area contributed by atoms with Crippen LogP contribution in [0, 0.1) is 0 Å². The minimum Gasteiger partial charge on any atom is -0.383 e. The van der Waals surface area contributed by atoms with Gasteiger partial charge in [-0.1, -0.05) is 0 Å². The normalized spacial score (nSPS) is 19.2. The van der Waals surface area contributed by atoms with Crippen molar-refractivity contribution in [2.45, 2.75) is 25.1 Å². The van der Waals surface area contributed by atoms with Gasteiger partial charge in [0.05, 0.1) is 13.2 Å². The molecule has 0 bridgehead atoms. The lowest BCUT2D eigenvalue weighted by molar-refractivity contribution is -0.143. The fraction of sp³-hybridized carbons (Fsp3) is 0.933. The van der Waals surface area contributed by atoms with Crippen molar-refractivity contribution in [2.75, 3.05) is 67.1 Å². The van der Waals surface area contributed by atoms with E-state index >= 15 is 0 Å². The molecule has 1 saturated heterocycles. The molecule has 0 aromatic carbocycles. The standard InChI is InChI=1S/C15H30F3N5O.HI/c1-19-14(20-6-4-7-22(2)9-10-24-3)21-13-5-8-23(11-13)12-15(16,17)18;/h13H,4-12H2,1-3H3,(H2,19,20,21);1H. The third-order valence-electron chi connectivity index (χ3n) is 3.93. The number of aliphatic imine (C=N–C) groups is 1. The van der Waals surface area contributed by atoms with Crippen molar-refractivity contribution in [3.05, 3.63) is 0 Å². The minimum absolute atomic E-state index is 0. The second-order valence-corrected chi connectivity index (χ2v) is 6.13. The van der Waals surface area contributed by atoms with Crippen molar-refractivity contribution in [1.29, 1.82) is 0 Å². The van der Waals surface area contributed by atoms with Crippen molar-refractivity contribution >= 4 is 29.9 Å². The molecule has 1 aliphatic heterocycles. The molecule has 1 rings (SSSR count). The maximum absolute atomic E-state index is 12.4. The zero-order valence-electron chi connectivity index (χ0n) is 15.2. The summed E-state index contributed by atoms with van der Waals surface area (Å²) in [5, 5.41) is 6.41. The van der Waals surface area contributed by atoms with E-state index in [-0.39, 0.29) is 30.0 Å². The molecule has 25 heavy (non-hydrogen) atoms. The Morgan fingerprint density at radius 2 is 2.08 bits per heavy atom. The summed E-state index contributed by atoms with van der Waals surface area (Å²) in [5.41, 5.74) is 0. The van der Waals surface area contributed by atoms with Gasteiger partial charge in [-0.05, 0) is 26.4 Å². The maximum atomic E-state index is 12.4. The van der Waals surface area contributed by atoms with Gasteiger partial charge in [0.2, 0.25) is 0 Å². The monoisotopic (exact) mass is 481 g/mol. The van der Waals surface area contributed by atoms with E-state index in [9.17, 15) is 13.2 Å². The molecular formula is C15H31F3IN5O. The fourth-order valence-corrected chi connectivity index (χ4v) is 2.65. The van der Waals surface area contributed by atoms with Gasteiger partial charge in [0.15, 0.2) is 5.96 Å². The molecule has 10 heteroatoms. The molecule has 0 aliphatic carbocycles. The SMILES string of the molecule is CN=C(NCCCN(C)CCOC)NC1CCN(CC(F)(F)F)C1.I. The number of alkyl halides is 3. The van der Waals surface area contributed by atoms with E-state index in [1.807, 2.05) is 7.05 Å². The summed E-state index contributed by atoms with van der Waals surface area (Å²) in [6.07, 6.45) is -2.49. The van der Waals surface area contributed by atoms with Crippen LogP contribution in [0.1, 0.15) is 12.8 Å². The number of ether oxygens (including phenoxy) is 1. The highest BCUT2D eigenvalue weighted by atomic mass is 127. The third kappa shape index (κ3) is 11.8. The second-order valence-electron chi connectivity index (χ2n) is 6.13. The maximum Gasteiger partial charge on any atom is 0.401 e. The fourth-order valence-electron chi connectivity index (χ4n) is 2.65. The van der Waals surface area contributed by atoms with Gasteiger partial charge in [-0.3, -0.25) is 9.89 Å². The third-order valence-corrected chi connectivity index (χ3v) is 3.93. The number of methoxy groups -OCH3 is 1. The van der Waals surface area contributed by atoms with Crippen LogP contribution in [0.4, 0.5) is 13.2 Å². The Kier molecular flexibility index (Phi) is 12.8. The van der Waals surface area contributed by atoms with Crippen LogP contribution in [0.5, 0.6) is 0 Å². The summed E-state index contributed by atoms with van der Waals surface area (Å²) >= 11 is 0. The van der Waals surface area contributed by atoms with Crippen LogP contribution in [0.3, 0.4) is 0 Å². The predicted molar refractivity (Wildman–Crippen MR) is 105 cm³/mol. The first-order chi connectivity index (χ1) is 11.3. The summed E-state index contributed by atoms with van der Waals surface area (Å²) in [5.74, 6) is 0.647. The zero-order valence-corrected chi connectivity index (χ0v) is 17.6. The molecular weight excluding hydrogens is 450 g/mol. The van der Waals surface area contributed by atoms with Crippen molar-refractivity contribution in [1.82, 2.24) is 20.4 Å². The van der Waals surface area contributed by atoms with E-state index in [1.165, 1.54) is 4.90 Å². The number of nitrogens with one attached hydrogen (secondary N) is 2. The number of nitrogens with zero attached hydrogens (tertiary/aromatic N) is 3. The molecule has 6 nitrogen and oxygen atoms in total. The average Bonchev–Trinajstić information content (AvgIpc) is 2.93. The molecule has 2 N–H and O–H groups in total. The molecule has 0 amide bonds. The van der Waals surface area contributed by atoms with Gasteiger partial charge < -0.3 is 20.3 Å². The number of rotatable bonds is 9. The smallest absolute Gasteiger partial charge is 0.383 e. The van der Waals surface area contributed by atoms with Crippen molar-refractivity contribution in [3.63, 3.8) is 0 Å². The van der Waals surface area contributed by atoms with Crippen LogP contribution in [0.25, 0.3) is 0 Å². The van der Waals surface area contributed by atoms with Crippen LogP contribution in [0.2, 0.25) is 0 Å². The molecule has 0 saturated carbocycles. The van der Waals surface area contributed by atoms with E-state index in [0.717, 1.165) is 26.1 Å². The Morgan fingerprint density at radius 1 is 1.36 bits per heavy atom. The van der Waals surface area contributed by atoms with Crippen molar-refractivity contribution < 1.29 is 17.9 Å². The second kappa shape index (κ2) is 12.9. The summed E-state index contributed by atoms with van der Waals surface area (Å²) in [6, 6.07) is 0.00271. The molecule has 0 spiro atoms. The molecule has 1 heterocycles. The van der Waals surface area contributed by atoms with Gasteiger partial charge in [-0.2, -0.15) is 13.2 Å². The van der Waals surface area contributed by atoms with E-state index in [0.29, 0.717) is 32.1 Å². The molecule has 1 unspecified atom stereocenters. The van der Waals surface area contributed by atoms with Gasteiger partial charge in [-0.25, -0.2) is 0 Å². The van der Waals surface area contributed by atoms with Crippen LogP contribution >= 0.6 is 24.0 Å². The first-order valence-electron chi connectivity index (χ1n) is 8.28. The number of hydrogen-bond donors (Lipinski definition) is 2. The quantitative estimate of drug-likeness (QED) is 0.226. The zero-order chi connectivity index (χ0) is 18.0. The molecule has 1 atom stereocenters. The number of halogens is 4. The van der Waals surface area contributed by atoms with Crippen LogP contribution < -0.4 is 10.6 Å². The summed E-state index contributed by atoms with van der Waals surface area (Å²) in [7, 11) is 5.40. The van der Waals surface area contributed by atoms with E-state index < -0.39 is 12.7 Å². The highest BCUT2D eigenvalue weighted by Gasteiger charge is 2.34. The van der Waals surface area contributed by atoms with Crippen LogP contribution in [-0.2, 0) is 4.74 Å². The molecule has 0 aromatic heterocycles. The van der Waals surface area contributed by atoms with Gasteiger partial charge in [0.25, 0.3) is 0 Å². The first-order valence-corrected chi connectivity index (χ1v) is 8.28. The van der Waals surface area contributed by atoms with Crippen molar-refractivity contribution in [2.24, 2.45) is 4.99 Å². The lowest BCUT2D eigenvalue weighted by Crippen LogP contribution is -2.45. The molecule has 1 aliphatic rings. The Hall–Kier alpha value is -0.330. The highest BCUT2D eigenvalue weighted by Crippen LogP contribution is 2.19. The Labute approximate surface area is 165 Å². The molecule has 1 fully saturated rings. The predicted octanol–water partition coefficient (Wildman–Crippen LogP) is 1.37. The molecule has 0 aromatic rings. The minimum atomic E-state index is -4.14. The lowest BCUT2D eigenvalue weighted by atomic mass is 10.3. The van der Waals surface area contributed by atoms with Gasteiger partial charge in [0, 0.05) is 46.4 Å². The van der Waals surface area contributed by atoms with Gasteiger partial charge in [-0.15, -0.1) is 24.0 Å².